The van der Waals surface area contributed by atoms with Crippen molar-refractivity contribution in [3.63, 3.8) is 0 Å². The van der Waals surface area contributed by atoms with Crippen LogP contribution in [0.5, 0.6) is 0 Å². The predicted molar refractivity (Wildman–Crippen MR) is 65.9 cm³/mol. The van der Waals surface area contributed by atoms with Crippen molar-refractivity contribution in [2.45, 2.75) is 19.3 Å². The lowest BCUT2D eigenvalue weighted by molar-refractivity contribution is -0.114. The molecule has 3 heteroatoms. The summed E-state index contributed by atoms with van der Waals surface area (Å²) in [5.74, 6) is 0.280. The molecule has 0 bridgehead atoms. The summed E-state index contributed by atoms with van der Waals surface area (Å²) in [5, 5.41) is 0. The number of nitrogens with zero attached hydrogens (tertiary/aromatic N) is 2. The number of hydrogen-bond acceptors (Lipinski definition) is 3. The van der Waals surface area contributed by atoms with Gasteiger partial charge in [-0.15, -0.1) is 0 Å². The van der Waals surface area contributed by atoms with E-state index in [0.717, 1.165) is 31.5 Å². The number of rotatable bonds is 3. The van der Waals surface area contributed by atoms with Crippen LogP contribution in [0.15, 0.2) is 28.3 Å². The predicted octanol–water partition coefficient (Wildman–Crippen LogP) is 1.61. The molecular weight excluding hydrogens is 200 g/mol. The number of allylic oxidation sites excluding steroid dienone is 4. The fraction of sp³-hybridized carbons (Fsp3) is 0.538. The van der Waals surface area contributed by atoms with Crippen LogP contribution in [0.2, 0.25) is 0 Å². The van der Waals surface area contributed by atoms with Gasteiger partial charge in [0.25, 0.3) is 0 Å². The molecule has 0 heterocycles. The summed E-state index contributed by atoms with van der Waals surface area (Å²) >= 11 is 0. The summed E-state index contributed by atoms with van der Waals surface area (Å²) in [7, 11) is 4.11. The first-order valence-corrected chi connectivity index (χ1v) is 5.76. The third kappa shape index (κ3) is 2.47. The quantitative estimate of drug-likeness (QED) is 0.721. The lowest BCUT2D eigenvalue weighted by Gasteiger charge is -2.14. The monoisotopic (exact) mass is 218 g/mol. The first-order chi connectivity index (χ1) is 7.66. The highest BCUT2D eigenvalue weighted by Gasteiger charge is 2.24. The van der Waals surface area contributed by atoms with Crippen LogP contribution in [0.3, 0.4) is 0 Å². The maximum atomic E-state index is 11.5. The Morgan fingerprint density at radius 3 is 2.88 bits per heavy atom. The molecule has 0 unspecified atom stereocenters. The van der Waals surface area contributed by atoms with Crippen LogP contribution >= 0.6 is 0 Å². The van der Waals surface area contributed by atoms with Crippen molar-refractivity contribution in [1.29, 1.82) is 0 Å². The van der Waals surface area contributed by atoms with Crippen LogP contribution in [0.4, 0.5) is 0 Å². The van der Waals surface area contributed by atoms with Crippen molar-refractivity contribution in [2.75, 3.05) is 27.2 Å². The lowest BCUT2D eigenvalue weighted by Crippen LogP contribution is -2.17. The van der Waals surface area contributed by atoms with Crippen molar-refractivity contribution < 1.29 is 4.79 Å². The molecule has 0 saturated carbocycles. The van der Waals surface area contributed by atoms with Crippen molar-refractivity contribution >= 4 is 11.5 Å². The van der Waals surface area contributed by atoms with Crippen molar-refractivity contribution in [1.82, 2.24) is 4.90 Å². The van der Waals surface area contributed by atoms with Crippen LogP contribution in [0.1, 0.15) is 19.3 Å². The van der Waals surface area contributed by atoms with Gasteiger partial charge < -0.3 is 4.90 Å². The van der Waals surface area contributed by atoms with E-state index < -0.39 is 0 Å². The second-order valence-electron chi connectivity index (χ2n) is 4.61. The van der Waals surface area contributed by atoms with Gasteiger partial charge in [0.2, 0.25) is 0 Å². The molecule has 0 N–H and O–H groups in total. The van der Waals surface area contributed by atoms with E-state index in [9.17, 15) is 4.79 Å². The number of ketones is 1. The number of carbonyl (C=O) groups excluding carboxylic acids is 1. The highest BCUT2D eigenvalue weighted by atomic mass is 16.1. The van der Waals surface area contributed by atoms with Crippen molar-refractivity contribution in [2.24, 2.45) is 4.99 Å². The zero-order valence-corrected chi connectivity index (χ0v) is 9.99. The largest absolute Gasteiger partial charge is 0.308 e. The minimum absolute atomic E-state index is 0.280. The summed E-state index contributed by atoms with van der Waals surface area (Å²) in [6.45, 7) is 1.84. The molecule has 0 aromatic heterocycles. The maximum absolute atomic E-state index is 11.5. The molecule has 86 valence electrons. The Hall–Kier alpha value is -1.22. The molecule has 0 aliphatic heterocycles. The summed E-state index contributed by atoms with van der Waals surface area (Å²) in [5.41, 5.74) is 3.36. The van der Waals surface area contributed by atoms with E-state index in [1.165, 1.54) is 11.3 Å². The standard InChI is InChI=1S/C13H18N2O/c1-15(2)8-7-14-11-4-5-12-10(9-11)3-6-13(12)16/h3,5H,4,6-9H2,1-2H3. The molecule has 0 fully saturated rings. The Morgan fingerprint density at radius 1 is 1.31 bits per heavy atom. The number of aliphatic imine (C=N–C) groups is 1. The Bertz CT molecular complexity index is 389. The topological polar surface area (TPSA) is 32.7 Å². The Balaban J connectivity index is 1.97. The smallest absolute Gasteiger partial charge is 0.166 e. The van der Waals surface area contributed by atoms with Crippen LogP contribution in [-0.2, 0) is 4.79 Å². The normalized spacial score (nSPS) is 22.4. The Morgan fingerprint density at radius 2 is 2.12 bits per heavy atom. The first kappa shape index (κ1) is 11.3. The van der Waals surface area contributed by atoms with Crippen LogP contribution < -0.4 is 0 Å². The third-order valence-corrected chi connectivity index (χ3v) is 3.00. The summed E-state index contributed by atoms with van der Waals surface area (Å²) in [4.78, 5) is 18.2. The van der Waals surface area contributed by atoms with Crippen LogP contribution in [0, 0.1) is 0 Å². The Labute approximate surface area is 96.5 Å². The van der Waals surface area contributed by atoms with Gasteiger partial charge >= 0.3 is 0 Å². The summed E-state index contributed by atoms with van der Waals surface area (Å²) < 4.78 is 0. The fourth-order valence-corrected chi connectivity index (χ4v) is 2.07. The number of hydrogen-bond donors (Lipinski definition) is 0. The van der Waals surface area contributed by atoms with E-state index in [2.05, 4.69) is 30.1 Å². The molecular formula is C13H18N2O. The van der Waals surface area contributed by atoms with E-state index in [1.54, 1.807) is 0 Å². The number of likely N-dealkylation sites (N-methyl/N-ethyl adjacent to an activating group) is 1. The molecule has 3 nitrogen and oxygen atoms in total. The lowest BCUT2D eigenvalue weighted by atomic mass is 9.94. The van der Waals surface area contributed by atoms with E-state index in [-0.39, 0.29) is 5.78 Å². The van der Waals surface area contributed by atoms with Crippen LogP contribution in [-0.4, -0.2) is 43.6 Å². The van der Waals surface area contributed by atoms with Gasteiger partial charge in [0.1, 0.15) is 0 Å². The summed E-state index contributed by atoms with van der Waals surface area (Å²) in [6.07, 6.45) is 6.41. The Kier molecular flexibility index (Phi) is 3.34. The second kappa shape index (κ2) is 4.74. The van der Waals surface area contributed by atoms with E-state index in [4.69, 9.17) is 0 Å². The number of carbonyl (C=O) groups is 1. The SMILES string of the molecule is CN(C)CCN=C1CC=C2C(=O)CC=C2C1. The molecule has 2 aliphatic rings. The van der Waals surface area contributed by atoms with Gasteiger partial charge in [0.15, 0.2) is 5.78 Å². The highest BCUT2D eigenvalue weighted by molar-refractivity contribution is 6.08. The average molecular weight is 218 g/mol. The van der Waals surface area contributed by atoms with Gasteiger partial charge in [-0.3, -0.25) is 9.79 Å². The second-order valence-corrected chi connectivity index (χ2v) is 4.61. The van der Waals surface area contributed by atoms with E-state index in [0.29, 0.717) is 6.42 Å². The summed E-state index contributed by atoms with van der Waals surface area (Å²) in [6, 6.07) is 0. The molecule has 0 radical (unpaired) electrons. The van der Waals surface area contributed by atoms with Crippen molar-refractivity contribution in [3.8, 4) is 0 Å². The van der Waals surface area contributed by atoms with Gasteiger partial charge in [-0.25, -0.2) is 0 Å². The molecule has 0 aromatic carbocycles. The molecule has 0 saturated heterocycles. The van der Waals surface area contributed by atoms with Gasteiger partial charge in [-0.2, -0.15) is 0 Å². The number of fused-ring (bicyclic) bond motifs is 1. The third-order valence-electron chi connectivity index (χ3n) is 3.00. The van der Waals surface area contributed by atoms with Gasteiger partial charge in [-0.05, 0) is 19.7 Å². The zero-order valence-electron chi connectivity index (χ0n) is 9.99. The molecule has 0 aromatic rings. The minimum atomic E-state index is 0.280. The van der Waals surface area contributed by atoms with Gasteiger partial charge in [-0.1, -0.05) is 12.2 Å². The molecule has 2 rings (SSSR count). The average Bonchev–Trinajstić information content (AvgIpc) is 2.60. The fourth-order valence-electron chi connectivity index (χ4n) is 2.07. The van der Waals surface area contributed by atoms with Gasteiger partial charge in [0.05, 0.1) is 6.54 Å². The number of Topliss-reactive ketones (excluding diaryl/α,β-unsaturated/α-hetero) is 1. The van der Waals surface area contributed by atoms with E-state index in [1.807, 2.05) is 6.08 Å². The molecule has 2 aliphatic carbocycles. The molecule has 0 spiro atoms. The zero-order chi connectivity index (χ0) is 11.5. The highest BCUT2D eigenvalue weighted by Crippen LogP contribution is 2.29. The minimum Gasteiger partial charge on any atom is -0.308 e. The maximum Gasteiger partial charge on any atom is 0.166 e. The van der Waals surface area contributed by atoms with Crippen molar-refractivity contribution in [3.05, 3.63) is 23.3 Å². The first-order valence-electron chi connectivity index (χ1n) is 5.76. The molecule has 0 atom stereocenters. The van der Waals surface area contributed by atoms with Crippen LogP contribution in [0.25, 0.3) is 0 Å². The van der Waals surface area contributed by atoms with E-state index >= 15 is 0 Å². The molecule has 16 heavy (non-hydrogen) atoms. The van der Waals surface area contributed by atoms with Gasteiger partial charge in [0, 0.05) is 37.1 Å². The molecule has 0 amide bonds.